The zero-order valence-electron chi connectivity index (χ0n) is 10.3. The molecule has 3 nitrogen and oxygen atoms in total. The van der Waals surface area contributed by atoms with Crippen LogP contribution in [0.4, 0.5) is 0 Å². The quantitative estimate of drug-likeness (QED) is 0.409. The highest BCUT2D eigenvalue weighted by atomic mass is 127. The number of hydrogen-bond acceptors (Lipinski definition) is 3. The standard InChI is InChI=1S/C13H19IO3/c1-11(14)12-3-5-13(6-4-12)17-10-9-16-8-7-15-2/h3-6,11H,7-10H2,1-2H3. The molecule has 1 atom stereocenters. The van der Waals surface area contributed by atoms with Crippen LogP contribution in [0.25, 0.3) is 0 Å². The van der Waals surface area contributed by atoms with Gasteiger partial charge in [0, 0.05) is 11.0 Å². The number of rotatable bonds is 8. The predicted octanol–water partition coefficient (Wildman–Crippen LogP) is 3.22. The normalized spacial score (nSPS) is 12.4. The summed E-state index contributed by atoms with van der Waals surface area (Å²) in [5, 5.41) is 0. The summed E-state index contributed by atoms with van der Waals surface area (Å²) in [6.07, 6.45) is 0. The summed E-state index contributed by atoms with van der Waals surface area (Å²) < 4.78 is 16.3. The average molecular weight is 350 g/mol. The number of alkyl halides is 1. The van der Waals surface area contributed by atoms with E-state index in [0.29, 0.717) is 30.4 Å². The second-order valence-electron chi connectivity index (χ2n) is 3.64. The molecule has 96 valence electrons. The van der Waals surface area contributed by atoms with Gasteiger partial charge in [0.25, 0.3) is 0 Å². The van der Waals surface area contributed by atoms with Crippen LogP contribution in [0.5, 0.6) is 5.75 Å². The Bertz CT molecular complexity index is 298. The molecule has 0 radical (unpaired) electrons. The van der Waals surface area contributed by atoms with Crippen molar-refractivity contribution in [3.8, 4) is 5.75 Å². The SMILES string of the molecule is COCCOCCOc1ccc(C(C)I)cc1. The van der Waals surface area contributed by atoms with Crippen LogP contribution in [0, 0.1) is 0 Å². The molecule has 1 aromatic rings. The van der Waals surface area contributed by atoms with Crippen LogP contribution in [0.2, 0.25) is 0 Å². The van der Waals surface area contributed by atoms with Crippen LogP contribution in [0.15, 0.2) is 24.3 Å². The highest BCUT2D eigenvalue weighted by Gasteiger charge is 2.00. The molecule has 17 heavy (non-hydrogen) atoms. The summed E-state index contributed by atoms with van der Waals surface area (Å²) in [7, 11) is 1.66. The lowest BCUT2D eigenvalue weighted by Crippen LogP contribution is -2.09. The van der Waals surface area contributed by atoms with E-state index in [-0.39, 0.29) is 0 Å². The fraction of sp³-hybridized carbons (Fsp3) is 0.538. The maximum Gasteiger partial charge on any atom is 0.119 e. The minimum absolute atomic E-state index is 0.527. The molecular weight excluding hydrogens is 331 g/mol. The van der Waals surface area contributed by atoms with Crippen molar-refractivity contribution in [2.75, 3.05) is 33.5 Å². The monoisotopic (exact) mass is 350 g/mol. The van der Waals surface area contributed by atoms with E-state index in [9.17, 15) is 0 Å². The Morgan fingerprint density at radius 2 is 1.71 bits per heavy atom. The number of hydrogen-bond donors (Lipinski definition) is 0. The third-order valence-corrected chi connectivity index (χ3v) is 2.99. The Morgan fingerprint density at radius 3 is 2.29 bits per heavy atom. The molecule has 0 aliphatic rings. The third-order valence-electron chi connectivity index (χ3n) is 2.27. The average Bonchev–Trinajstić information content (AvgIpc) is 2.34. The van der Waals surface area contributed by atoms with Gasteiger partial charge in [-0.1, -0.05) is 34.7 Å². The van der Waals surface area contributed by atoms with Crippen molar-refractivity contribution in [1.29, 1.82) is 0 Å². The van der Waals surface area contributed by atoms with Crippen LogP contribution in [0.3, 0.4) is 0 Å². The van der Waals surface area contributed by atoms with Crippen LogP contribution >= 0.6 is 22.6 Å². The van der Waals surface area contributed by atoms with Gasteiger partial charge in [0.15, 0.2) is 0 Å². The molecule has 0 aliphatic carbocycles. The first-order chi connectivity index (χ1) is 8.24. The van der Waals surface area contributed by atoms with Gasteiger partial charge in [-0.15, -0.1) is 0 Å². The maximum absolute atomic E-state index is 5.55. The maximum atomic E-state index is 5.55. The Morgan fingerprint density at radius 1 is 1.06 bits per heavy atom. The van der Waals surface area contributed by atoms with E-state index in [1.807, 2.05) is 12.1 Å². The second-order valence-corrected chi connectivity index (χ2v) is 5.51. The number of ether oxygens (including phenoxy) is 3. The lowest BCUT2D eigenvalue weighted by atomic mass is 10.2. The molecular formula is C13H19IO3. The molecule has 0 saturated carbocycles. The lowest BCUT2D eigenvalue weighted by Gasteiger charge is -2.08. The van der Waals surface area contributed by atoms with Gasteiger partial charge in [-0.05, 0) is 24.6 Å². The first kappa shape index (κ1) is 14.7. The van der Waals surface area contributed by atoms with Gasteiger partial charge in [-0.2, -0.15) is 0 Å². The van der Waals surface area contributed by atoms with E-state index < -0.39 is 0 Å². The zero-order valence-corrected chi connectivity index (χ0v) is 12.5. The summed E-state index contributed by atoms with van der Waals surface area (Å²) >= 11 is 2.39. The molecule has 1 aromatic carbocycles. The topological polar surface area (TPSA) is 27.7 Å². The Hall–Kier alpha value is -0.330. The summed E-state index contributed by atoms with van der Waals surface area (Å²) in [6, 6.07) is 8.19. The van der Waals surface area contributed by atoms with Gasteiger partial charge in [0.2, 0.25) is 0 Å². The molecule has 4 heteroatoms. The first-order valence-electron chi connectivity index (χ1n) is 5.67. The van der Waals surface area contributed by atoms with Crippen molar-refractivity contribution in [2.45, 2.75) is 10.8 Å². The Balaban J connectivity index is 2.19. The fourth-order valence-corrected chi connectivity index (χ4v) is 1.71. The van der Waals surface area contributed by atoms with Crippen molar-refractivity contribution < 1.29 is 14.2 Å². The van der Waals surface area contributed by atoms with Crippen molar-refractivity contribution >= 4 is 22.6 Å². The summed E-state index contributed by atoms with van der Waals surface area (Å²) in [5.74, 6) is 0.890. The molecule has 0 aliphatic heterocycles. The summed E-state index contributed by atoms with van der Waals surface area (Å²) in [4.78, 5) is 0. The van der Waals surface area contributed by atoms with Gasteiger partial charge in [0.05, 0.1) is 19.8 Å². The molecule has 0 spiro atoms. The molecule has 0 amide bonds. The molecule has 1 rings (SSSR count). The number of benzene rings is 1. The van der Waals surface area contributed by atoms with E-state index in [2.05, 4.69) is 41.6 Å². The van der Waals surface area contributed by atoms with Gasteiger partial charge >= 0.3 is 0 Å². The third kappa shape index (κ3) is 6.24. The van der Waals surface area contributed by atoms with Crippen LogP contribution in [0.1, 0.15) is 16.4 Å². The Labute approximate surface area is 117 Å². The van der Waals surface area contributed by atoms with Crippen LogP contribution < -0.4 is 4.74 Å². The fourth-order valence-electron chi connectivity index (χ4n) is 1.29. The summed E-state index contributed by atoms with van der Waals surface area (Å²) in [5.41, 5.74) is 1.31. The van der Waals surface area contributed by atoms with E-state index in [4.69, 9.17) is 14.2 Å². The van der Waals surface area contributed by atoms with Crippen LogP contribution in [-0.4, -0.2) is 33.5 Å². The second kappa shape index (κ2) is 8.72. The van der Waals surface area contributed by atoms with Crippen LogP contribution in [-0.2, 0) is 9.47 Å². The van der Waals surface area contributed by atoms with Crippen molar-refractivity contribution in [2.24, 2.45) is 0 Å². The largest absolute Gasteiger partial charge is 0.491 e. The molecule has 1 unspecified atom stereocenters. The van der Waals surface area contributed by atoms with E-state index in [1.165, 1.54) is 5.56 Å². The number of halogens is 1. The van der Waals surface area contributed by atoms with Gasteiger partial charge in [-0.25, -0.2) is 0 Å². The molecule has 0 N–H and O–H groups in total. The van der Waals surface area contributed by atoms with Crippen molar-refractivity contribution in [3.05, 3.63) is 29.8 Å². The molecule has 0 fully saturated rings. The zero-order chi connectivity index (χ0) is 12.5. The smallest absolute Gasteiger partial charge is 0.119 e. The first-order valence-corrected chi connectivity index (χ1v) is 6.92. The highest BCUT2D eigenvalue weighted by molar-refractivity contribution is 14.1. The van der Waals surface area contributed by atoms with Crippen molar-refractivity contribution in [3.63, 3.8) is 0 Å². The Kier molecular flexibility index (Phi) is 7.55. The van der Waals surface area contributed by atoms with Gasteiger partial charge in [0.1, 0.15) is 12.4 Å². The summed E-state index contributed by atoms with van der Waals surface area (Å²) in [6.45, 7) is 4.57. The molecule has 0 saturated heterocycles. The molecule has 0 heterocycles. The van der Waals surface area contributed by atoms with Crippen molar-refractivity contribution in [1.82, 2.24) is 0 Å². The van der Waals surface area contributed by atoms with E-state index in [0.717, 1.165) is 5.75 Å². The minimum atomic E-state index is 0.527. The van der Waals surface area contributed by atoms with E-state index >= 15 is 0 Å². The molecule has 0 bridgehead atoms. The number of methoxy groups -OCH3 is 1. The minimum Gasteiger partial charge on any atom is -0.491 e. The lowest BCUT2D eigenvalue weighted by molar-refractivity contribution is 0.0544. The van der Waals surface area contributed by atoms with Gasteiger partial charge < -0.3 is 14.2 Å². The molecule has 0 aromatic heterocycles. The predicted molar refractivity (Wildman–Crippen MR) is 77.1 cm³/mol. The van der Waals surface area contributed by atoms with Gasteiger partial charge in [-0.3, -0.25) is 0 Å². The highest BCUT2D eigenvalue weighted by Crippen LogP contribution is 2.24. The van der Waals surface area contributed by atoms with E-state index in [1.54, 1.807) is 7.11 Å².